The number of amides is 2. The van der Waals surface area contributed by atoms with Crippen LogP contribution < -0.4 is 9.62 Å². The zero-order valence-electron chi connectivity index (χ0n) is 17.4. The zero-order valence-corrected chi connectivity index (χ0v) is 21.2. The van der Waals surface area contributed by atoms with Crippen molar-refractivity contribution in [2.24, 2.45) is 0 Å². The molecule has 0 saturated heterocycles. The van der Waals surface area contributed by atoms with E-state index in [0.717, 1.165) is 10.6 Å². The average Bonchev–Trinajstić information content (AvgIpc) is 2.71. The minimum Gasteiger partial charge on any atom is -0.357 e. The summed E-state index contributed by atoms with van der Waals surface area (Å²) in [5, 5.41) is 3.41. The van der Waals surface area contributed by atoms with E-state index in [1.807, 2.05) is 0 Å². The molecule has 12 heteroatoms. The Morgan fingerprint density at radius 1 is 1.03 bits per heavy atom. The predicted molar refractivity (Wildman–Crippen MR) is 129 cm³/mol. The fraction of sp³-hybridized carbons (Fsp3) is 0.300. The first-order valence-corrected chi connectivity index (χ1v) is 12.6. The number of nitrogens with one attached hydrogen (secondary N) is 1. The van der Waals surface area contributed by atoms with Crippen LogP contribution in [-0.4, -0.2) is 51.0 Å². The molecule has 32 heavy (non-hydrogen) atoms. The number of carbonyl (C=O) groups excluding carboxylic acids is 2. The number of sulfonamides is 1. The summed E-state index contributed by atoms with van der Waals surface area (Å²) in [6.45, 7) is 0.772. The lowest BCUT2D eigenvalue weighted by Crippen LogP contribution is -2.50. The van der Waals surface area contributed by atoms with Crippen molar-refractivity contribution >= 4 is 73.9 Å². The third-order valence-corrected chi connectivity index (χ3v) is 7.05. The van der Waals surface area contributed by atoms with E-state index >= 15 is 0 Å². The summed E-state index contributed by atoms with van der Waals surface area (Å²) in [7, 11) is -2.51. The summed E-state index contributed by atoms with van der Waals surface area (Å²) < 4.78 is 25.9. The van der Waals surface area contributed by atoms with E-state index in [2.05, 4.69) is 5.32 Å². The summed E-state index contributed by atoms with van der Waals surface area (Å²) in [4.78, 5) is 26.9. The fourth-order valence-corrected chi connectivity index (χ4v) is 4.72. The SMILES string of the molecule is CNC(=O)[C@H](C)N(Cc1c(Cl)cccc1Cl)C(=O)CN(c1cc(Cl)ccc1Cl)S(C)(=O)=O. The number of halogens is 4. The highest BCUT2D eigenvalue weighted by atomic mass is 35.5. The van der Waals surface area contributed by atoms with Crippen LogP contribution in [0, 0.1) is 0 Å². The van der Waals surface area contributed by atoms with Gasteiger partial charge in [0.05, 0.1) is 17.0 Å². The maximum absolute atomic E-state index is 13.3. The molecule has 0 aliphatic carbocycles. The van der Waals surface area contributed by atoms with Crippen LogP contribution in [-0.2, 0) is 26.2 Å². The Bertz CT molecular complexity index is 1110. The number of likely N-dealkylation sites (N-methyl/N-ethyl adjacent to an activating group) is 1. The van der Waals surface area contributed by atoms with Gasteiger partial charge in [-0.15, -0.1) is 0 Å². The summed E-state index contributed by atoms with van der Waals surface area (Å²) in [6.07, 6.45) is 0.939. The summed E-state index contributed by atoms with van der Waals surface area (Å²) >= 11 is 24.7. The van der Waals surface area contributed by atoms with Crippen LogP contribution >= 0.6 is 46.4 Å². The third-order valence-electron chi connectivity index (χ3n) is 4.66. The zero-order chi connectivity index (χ0) is 24.2. The predicted octanol–water partition coefficient (Wildman–Crippen LogP) is 4.23. The molecule has 2 aromatic carbocycles. The molecule has 0 unspecified atom stereocenters. The highest BCUT2D eigenvalue weighted by molar-refractivity contribution is 7.92. The number of hydrogen-bond acceptors (Lipinski definition) is 4. The smallest absolute Gasteiger partial charge is 0.244 e. The summed E-state index contributed by atoms with van der Waals surface area (Å²) in [5.74, 6) is -1.12. The maximum atomic E-state index is 13.3. The summed E-state index contributed by atoms with van der Waals surface area (Å²) in [5.41, 5.74) is 0.463. The van der Waals surface area contributed by atoms with Gasteiger partial charge >= 0.3 is 0 Å². The first-order valence-electron chi connectivity index (χ1n) is 9.23. The molecule has 0 aromatic heterocycles. The Morgan fingerprint density at radius 3 is 2.16 bits per heavy atom. The number of anilines is 1. The van der Waals surface area contributed by atoms with Crippen LogP contribution in [0.25, 0.3) is 0 Å². The van der Waals surface area contributed by atoms with Gasteiger partial charge in [-0.2, -0.15) is 0 Å². The standard InChI is InChI=1S/C20H21Cl4N3O4S/c1-12(20(29)25-2)26(10-14-15(22)5-4-6-16(14)23)19(28)11-27(32(3,30)31)18-9-13(21)7-8-17(18)24/h4-9,12H,10-11H2,1-3H3,(H,25,29)/t12-/m0/s1. The van der Waals surface area contributed by atoms with Gasteiger partial charge in [-0.3, -0.25) is 13.9 Å². The molecule has 0 heterocycles. The van der Waals surface area contributed by atoms with Crippen LogP contribution in [0.2, 0.25) is 20.1 Å². The molecule has 0 aliphatic heterocycles. The quantitative estimate of drug-likeness (QED) is 0.542. The first kappa shape index (κ1) is 26.5. The van der Waals surface area contributed by atoms with Crippen molar-refractivity contribution in [3.8, 4) is 0 Å². The van der Waals surface area contributed by atoms with Crippen LogP contribution in [0.3, 0.4) is 0 Å². The molecule has 2 rings (SSSR count). The van der Waals surface area contributed by atoms with Crippen molar-refractivity contribution in [3.63, 3.8) is 0 Å². The normalized spacial score (nSPS) is 12.2. The molecule has 0 aliphatic rings. The molecule has 2 amide bonds. The Balaban J connectivity index is 2.49. The second-order valence-electron chi connectivity index (χ2n) is 6.88. The van der Waals surface area contributed by atoms with Crippen molar-refractivity contribution in [3.05, 3.63) is 62.1 Å². The number of rotatable bonds is 8. The lowest BCUT2D eigenvalue weighted by molar-refractivity contribution is -0.139. The molecular formula is C20H21Cl4N3O4S. The molecule has 7 nitrogen and oxygen atoms in total. The van der Waals surface area contributed by atoms with E-state index in [-0.39, 0.29) is 22.3 Å². The first-order chi connectivity index (χ1) is 14.9. The van der Waals surface area contributed by atoms with Crippen molar-refractivity contribution in [1.82, 2.24) is 10.2 Å². The molecule has 2 aromatic rings. The molecule has 0 fully saturated rings. The highest BCUT2D eigenvalue weighted by Crippen LogP contribution is 2.31. The average molecular weight is 541 g/mol. The lowest BCUT2D eigenvalue weighted by atomic mass is 10.1. The van der Waals surface area contributed by atoms with Gasteiger partial charge in [0.25, 0.3) is 0 Å². The number of carbonyl (C=O) groups is 2. The van der Waals surface area contributed by atoms with Gasteiger partial charge in [-0.05, 0) is 37.3 Å². The van der Waals surface area contributed by atoms with Gasteiger partial charge in [0, 0.05) is 34.2 Å². The van der Waals surface area contributed by atoms with Crippen LogP contribution in [0.15, 0.2) is 36.4 Å². The molecule has 0 radical (unpaired) electrons. The van der Waals surface area contributed by atoms with E-state index in [4.69, 9.17) is 46.4 Å². The van der Waals surface area contributed by atoms with Gasteiger partial charge in [-0.25, -0.2) is 8.42 Å². The van der Waals surface area contributed by atoms with Crippen molar-refractivity contribution in [2.75, 3.05) is 24.2 Å². The Labute approximate surface area is 207 Å². The van der Waals surface area contributed by atoms with Crippen LogP contribution in [0.1, 0.15) is 12.5 Å². The van der Waals surface area contributed by atoms with Gasteiger partial charge < -0.3 is 10.2 Å². The lowest BCUT2D eigenvalue weighted by Gasteiger charge is -2.31. The van der Waals surface area contributed by atoms with Gasteiger partial charge in [0.1, 0.15) is 12.6 Å². The third kappa shape index (κ3) is 6.42. The van der Waals surface area contributed by atoms with E-state index in [1.54, 1.807) is 18.2 Å². The second-order valence-corrected chi connectivity index (χ2v) is 10.4. The molecule has 0 spiro atoms. The maximum Gasteiger partial charge on any atom is 0.244 e. The topological polar surface area (TPSA) is 86.8 Å². The number of benzene rings is 2. The molecule has 1 N–H and O–H groups in total. The minimum atomic E-state index is -3.94. The van der Waals surface area contributed by atoms with E-state index in [9.17, 15) is 18.0 Å². The van der Waals surface area contributed by atoms with Gasteiger partial charge in [0.2, 0.25) is 21.8 Å². The van der Waals surface area contributed by atoms with Crippen molar-refractivity contribution in [1.29, 1.82) is 0 Å². The number of hydrogen-bond donors (Lipinski definition) is 1. The van der Waals surface area contributed by atoms with E-state index < -0.39 is 34.4 Å². The molecule has 174 valence electrons. The van der Waals surface area contributed by atoms with Crippen LogP contribution in [0.5, 0.6) is 0 Å². The Morgan fingerprint density at radius 2 is 1.62 bits per heavy atom. The number of nitrogens with zero attached hydrogens (tertiary/aromatic N) is 2. The summed E-state index contributed by atoms with van der Waals surface area (Å²) in [6, 6.07) is 8.17. The Kier molecular flexibility index (Phi) is 9.07. The molecule has 0 bridgehead atoms. The minimum absolute atomic E-state index is 0.0401. The van der Waals surface area contributed by atoms with Crippen molar-refractivity contribution < 1.29 is 18.0 Å². The van der Waals surface area contributed by atoms with Crippen LogP contribution in [0.4, 0.5) is 5.69 Å². The van der Waals surface area contributed by atoms with E-state index in [1.165, 1.54) is 37.1 Å². The van der Waals surface area contributed by atoms with E-state index in [0.29, 0.717) is 15.6 Å². The molecule has 1 atom stereocenters. The largest absolute Gasteiger partial charge is 0.357 e. The Hall–Kier alpha value is -1.71. The fourth-order valence-electron chi connectivity index (χ4n) is 2.92. The molecular weight excluding hydrogens is 520 g/mol. The second kappa shape index (κ2) is 10.9. The van der Waals surface area contributed by atoms with Crippen molar-refractivity contribution in [2.45, 2.75) is 19.5 Å². The molecule has 0 saturated carbocycles. The monoisotopic (exact) mass is 539 g/mol. The van der Waals surface area contributed by atoms with Gasteiger partial charge in [-0.1, -0.05) is 52.5 Å². The highest BCUT2D eigenvalue weighted by Gasteiger charge is 2.31. The van der Waals surface area contributed by atoms with Gasteiger partial charge in [0.15, 0.2) is 0 Å².